The summed E-state index contributed by atoms with van der Waals surface area (Å²) >= 11 is 1.51. The third-order valence-corrected chi connectivity index (χ3v) is 4.32. The molecular weight excluding hydrogens is 308 g/mol. The summed E-state index contributed by atoms with van der Waals surface area (Å²) in [5.74, 6) is 0.600. The van der Waals surface area contributed by atoms with Gasteiger partial charge >= 0.3 is 0 Å². The van der Waals surface area contributed by atoms with Crippen molar-refractivity contribution in [3.63, 3.8) is 0 Å². The molecule has 0 fully saturated rings. The van der Waals surface area contributed by atoms with E-state index in [1.807, 2.05) is 24.3 Å². The van der Waals surface area contributed by atoms with E-state index in [2.05, 4.69) is 37.7 Å². The minimum absolute atomic E-state index is 0.0878. The first kappa shape index (κ1) is 17.2. The van der Waals surface area contributed by atoms with Crippen LogP contribution in [0.25, 0.3) is 0 Å². The molecule has 0 aliphatic carbocycles. The van der Waals surface area contributed by atoms with Gasteiger partial charge < -0.3 is 4.74 Å². The Hall–Kier alpha value is -2.14. The van der Waals surface area contributed by atoms with Crippen molar-refractivity contribution in [3.8, 4) is 5.75 Å². The zero-order valence-corrected chi connectivity index (χ0v) is 14.8. The Bertz CT molecular complexity index is 697. The highest BCUT2D eigenvalue weighted by Gasteiger charge is 2.23. The molecule has 122 valence electrons. The summed E-state index contributed by atoms with van der Waals surface area (Å²) in [6.07, 6.45) is 2.03. The van der Waals surface area contributed by atoms with E-state index in [4.69, 9.17) is 4.74 Å². The highest BCUT2D eigenvalue weighted by molar-refractivity contribution is 7.16. The molecule has 0 bridgehead atoms. The number of nitrogens with one attached hydrogen (secondary N) is 1. The highest BCUT2D eigenvalue weighted by Crippen LogP contribution is 2.33. The molecule has 23 heavy (non-hydrogen) atoms. The number of aromatic nitrogens is 1. The first-order chi connectivity index (χ1) is 10.8. The zero-order chi connectivity index (χ0) is 17.0. The molecular formula is C18H22N2O2S. The summed E-state index contributed by atoms with van der Waals surface area (Å²) < 4.78 is 5.19. The van der Waals surface area contributed by atoms with E-state index in [9.17, 15) is 4.79 Å². The number of hydrogen-bond donors (Lipinski definition) is 1. The Morgan fingerprint density at radius 1 is 1.35 bits per heavy atom. The second-order valence-corrected chi connectivity index (χ2v) is 7.34. The molecule has 5 heteroatoms. The van der Waals surface area contributed by atoms with Crippen molar-refractivity contribution >= 4 is 22.4 Å². The molecule has 1 amide bonds. The van der Waals surface area contributed by atoms with Crippen LogP contribution in [0, 0.1) is 0 Å². The largest absolute Gasteiger partial charge is 0.497 e. The number of carbonyl (C=O) groups is 1. The second-order valence-electron chi connectivity index (χ2n) is 6.26. The monoisotopic (exact) mass is 330 g/mol. The predicted molar refractivity (Wildman–Crippen MR) is 95.4 cm³/mol. The molecule has 1 heterocycles. The van der Waals surface area contributed by atoms with Gasteiger partial charge in [-0.25, -0.2) is 4.98 Å². The Morgan fingerprint density at radius 2 is 2.00 bits per heavy atom. The molecule has 0 aliphatic rings. The highest BCUT2D eigenvalue weighted by atomic mass is 32.1. The fourth-order valence-electron chi connectivity index (χ4n) is 2.20. The Labute approximate surface area is 141 Å². The number of amides is 1. The van der Waals surface area contributed by atoms with Gasteiger partial charge in [0.25, 0.3) is 0 Å². The van der Waals surface area contributed by atoms with Crippen molar-refractivity contribution in [2.75, 3.05) is 12.4 Å². The number of nitrogens with zero attached hydrogens (tertiary/aromatic N) is 1. The number of hydrogen-bond acceptors (Lipinski definition) is 4. The van der Waals surface area contributed by atoms with Crippen LogP contribution in [0.3, 0.4) is 0 Å². The van der Waals surface area contributed by atoms with Gasteiger partial charge in [0.2, 0.25) is 5.91 Å². The maximum atomic E-state index is 11.5. The van der Waals surface area contributed by atoms with Crippen LogP contribution in [0.1, 0.15) is 36.9 Å². The Balaban J connectivity index is 2.30. The maximum absolute atomic E-state index is 11.5. The standard InChI is InChI=1S/C18H22N2O2S/c1-6-15(21)19-17-20-16(18(2,3)4)14(23-17)11-12-7-9-13(22-5)10-8-12/h6-10H,1,11H2,2-5H3,(H,19,20,21). The third kappa shape index (κ3) is 4.42. The number of methoxy groups -OCH3 is 1. The van der Waals surface area contributed by atoms with Gasteiger partial charge in [0.1, 0.15) is 5.75 Å². The van der Waals surface area contributed by atoms with Crippen molar-refractivity contribution in [1.29, 1.82) is 0 Å². The Morgan fingerprint density at radius 3 is 2.52 bits per heavy atom. The smallest absolute Gasteiger partial charge is 0.249 e. The van der Waals surface area contributed by atoms with E-state index in [1.54, 1.807) is 7.11 Å². The molecule has 0 atom stereocenters. The lowest BCUT2D eigenvalue weighted by molar-refractivity contribution is -0.111. The summed E-state index contributed by atoms with van der Waals surface area (Å²) in [5.41, 5.74) is 2.11. The molecule has 0 aliphatic heterocycles. The van der Waals surface area contributed by atoms with E-state index in [-0.39, 0.29) is 11.3 Å². The van der Waals surface area contributed by atoms with Gasteiger partial charge in [-0.15, -0.1) is 11.3 Å². The van der Waals surface area contributed by atoms with Gasteiger partial charge in [-0.1, -0.05) is 39.5 Å². The molecule has 0 saturated carbocycles. The van der Waals surface area contributed by atoms with Crippen LogP contribution < -0.4 is 10.1 Å². The van der Waals surface area contributed by atoms with Gasteiger partial charge in [0, 0.05) is 16.7 Å². The van der Waals surface area contributed by atoms with Crippen LogP contribution in [-0.4, -0.2) is 18.0 Å². The average Bonchev–Trinajstić information content (AvgIpc) is 2.90. The molecule has 1 aromatic carbocycles. The van der Waals surface area contributed by atoms with Crippen molar-refractivity contribution < 1.29 is 9.53 Å². The van der Waals surface area contributed by atoms with Gasteiger partial charge in [0.15, 0.2) is 5.13 Å². The number of ether oxygens (including phenoxy) is 1. The lowest BCUT2D eigenvalue weighted by Crippen LogP contribution is -2.15. The van der Waals surface area contributed by atoms with E-state index in [1.165, 1.54) is 23.0 Å². The number of carbonyl (C=O) groups excluding carboxylic acids is 1. The SMILES string of the molecule is C=CC(=O)Nc1nc(C(C)(C)C)c(Cc2ccc(OC)cc2)s1. The van der Waals surface area contributed by atoms with Crippen molar-refractivity contribution in [2.45, 2.75) is 32.6 Å². The van der Waals surface area contributed by atoms with Gasteiger partial charge in [-0.3, -0.25) is 10.1 Å². The van der Waals surface area contributed by atoms with Crippen LogP contribution in [0.2, 0.25) is 0 Å². The van der Waals surface area contributed by atoms with Crippen LogP contribution in [-0.2, 0) is 16.6 Å². The molecule has 0 unspecified atom stereocenters. The average molecular weight is 330 g/mol. The fourth-order valence-corrected chi connectivity index (χ4v) is 3.41. The summed E-state index contributed by atoms with van der Waals surface area (Å²) in [7, 11) is 1.66. The molecule has 1 aromatic heterocycles. The Kier molecular flexibility index (Phi) is 5.21. The topological polar surface area (TPSA) is 51.2 Å². The van der Waals surface area contributed by atoms with Crippen LogP contribution in [0.4, 0.5) is 5.13 Å². The maximum Gasteiger partial charge on any atom is 0.249 e. The summed E-state index contributed by atoms with van der Waals surface area (Å²) in [6, 6.07) is 8.00. The zero-order valence-electron chi connectivity index (χ0n) is 14.0. The van der Waals surface area contributed by atoms with Crippen molar-refractivity contribution in [3.05, 3.63) is 53.1 Å². The van der Waals surface area contributed by atoms with E-state index in [0.29, 0.717) is 5.13 Å². The molecule has 2 rings (SSSR count). The number of anilines is 1. The predicted octanol–water partition coefficient (Wildman–Crippen LogP) is 4.16. The van der Waals surface area contributed by atoms with Crippen molar-refractivity contribution in [2.24, 2.45) is 0 Å². The molecule has 0 radical (unpaired) electrons. The van der Waals surface area contributed by atoms with Crippen LogP contribution >= 0.6 is 11.3 Å². The lowest BCUT2D eigenvalue weighted by Gasteiger charge is -2.17. The van der Waals surface area contributed by atoms with Gasteiger partial charge in [0.05, 0.1) is 12.8 Å². The minimum Gasteiger partial charge on any atom is -0.497 e. The summed E-state index contributed by atoms with van der Waals surface area (Å²) in [6.45, 7) is 9.84. The second kappa shape index (κ2) is 6.96. The van der Waals surface area contributed by atoms with Crippen LogP contribution in [0.5, 0.6) is 5.75 Å². The molecule has 2 aromatic rings. The number of thiazole rings is 1. The van der Waals surface area contributed by atoms with Crippen LogP contribution in [0.15, 0.2) is 36.9 Å². The number of rotatable bonds is 5. The van der Waals surface area contributed by atoms with Gasteiger partial charge in [-0.05, 0) is 23.8 Å². The molecule has 1 N–H and O–H groups in total. The third-order valence-electron chi connectivity index (χ3n) is 3.35. The lowest BCUT2D eigenvalue weighted by atomic mass is 9.90. The van der Waals surface area contributed by atoms with E-state index < -0.39 is 0 Å². The van der Waals surface area contributed by atoms with E-state index in [0.717, 1.165) is 22.7 Å². The quantitative estimate of drug-likeness (QED) is 0.837. The number of benzene rings is 1. The van der Waals surface area contributed by atoms with Gasteiger partial charge in [-0.2, -0.15) is 0 Å². The fraction of sp³-hybridized carbons (Fsp3) is 0.333. The molecule has 0 saturated heterocycles. The first-order valence-corrected chi connectivity index (χ1v) is 8.21. The first-order valence-electron chi connectivity index (χ1n) is 7.40. The summed E-state index contributed by atoms with van der Waals surface area (Å²) in [4.78, 5) is 17.3. The normalized spacial score (nSPS) is 11.1. The summed E-state index contributed by atoms with van der Waals surface area (Å²) in [5, 5.41) is 3.37. The van der Waals surface area contributed by atoms with Crippen molar-refractivity contribution in [1.82, 2.24) is 4.98 Å². The minimum atomic E-state index is -0.241. The molecule has 0 spiro atoms. The molecule has 4 nitrogen and oxygen atoms in total. The van der Waals surface area contributed by atoms with E-state index >= 15 is 0 Å².